The number of benzene rings is 1. The zero-order valence-electron chi connectivity index (χ0n) is 20.0. The fraction of sp³-hybridized carbons (Fsp3) is 0.636. The number of halogens is 3. The molecule has 0 saturated carbocycles. The molecule has 9 nitrogen and oxygen atoms in total. The number of carbonyl (C=O) groups excluding carboxylic acids is 1. The summed E-state index contributed by atoms with van der Waals surface area (Å²) in [5.41, 5.74) is 0. The molecule has 1 aromatic carbocycles. The maximum absolute atomic E-state index is 13.1. The van der Waals surface area contributed by atoms with Crippen molar-refractivity contribution in [3.8, 4) is 5.75 Å². The third-order valence-corrected chi connectivity index (χ3v) is 6.98. The molecular weight excluding hydrogens is 491 g/mol. The Bertz CT molecular complexity index is 889. The Morgan fingerprint density at radius 3 is 2.14 bits per heavy atom. The minimum Gasteiger partial charge on any atom is -0.494 e. The van der Waals surface area contributed by atoms with Gasteiger partial charge in [0.15, 0.2) is 0 Å². The average Bonchev–Trinajstić information content (AvgIpc) is 2.82. The normalized spacial score (nSPS) is 14.3. The smallest absolute Gasteiger partial charge is 0.490 e. The lowest BCUT2D eigenvalue weighted by Crippen LogP contribution is -2.47. The number of unbranched alkanes of at least 4 members (excludes halogenated alkanes) is 2. The summed E-state index contributed by atoms with van der Waals surface area (Å²) < 4.78 is 64.9. The van der Waals surface area contributed by atoms with Gasteiger partial charge in [-0.05, 0) is 37.6 Å². The van der Waals surface area contributed by atoms with Gasteiger partial charge in [-0.3, -0.25) is 4.79 Å². The van der Waals surface area contributed by atoms with Gasteiger partial charge in [0.05, 0.1) is 11.5 Å². The van der Waals surface area contributed by atoms with Crippen LogP contribution in [-0.2, 0) is 19.6 Å². The second kappa shape index (κ2) is 14.9. The third kappa shape index (κ3) is 10.8. The van der Waals surface area contributed by atoms with Crippen LogP contribution in [0.25, 0.3) is 0 Å². The fourth-order valence-corrected chi connectivity index (χ4v) is 4.69. The molecule has 200 valence electrons. The van der Waals surface area contributed by atoms with Crippen LogP contribution in [0.4, 0.5) is 13.2 Å². The second-order valence-corrected chi connectivity index (χ2v) is 9.64. The lowest BCUT2D eigenvalue weighted by molar-refractivity contribution is -0.192. The first kappa shape index (κ1) is 30.7. The van der Waals surface area contributed by atoms with E-state index in [1.165, 1.54) is 4.31 Å². The molecule has 35 heavy (non-hydrogen) atoms. The van der Waals surface area contributed by atoms with Crippen molar-refractivity contribution in [2.24, 2.45) is 0 Å². The molecule has 13 heteroatoms. The molecule has 0 aliphatic carbocycles. The molecule has 0 aromatic heterocycles. The van der Waals surface area contributed by atoms with Gasteiger partial charge in [-0.2, -0.15) is 17.5 Å². The van der Waals surface area contributed by atoms with Gasteiger partial charge in [0.1, 0.15) is 5.75 Å². The van der Waals surface area contributed by atoms with Crippen LogP contribution in [0, 0.1) is 0 Å². The number of hydrogen-bond donors (Lipinski definition) is 2. The summed E-state index contributed by atoms with van der Waals surface area (Å²) in [6, 6.07) is 6.50. The Hall–Kier alpha value is -2.38. The van der Waals surface area contributed by atoms with E-state index in [4.69, 9.17) is 14.6 Å². The van der Waals surface area contributed by atoms with Gasteiger partial charge >= 0.3 is 12.1 Å². The summed E-state index contributed by atoms with van der Waals surface area (Å²) in [7, 11) is -3.64. The van der Waals surface area contributed by atoms with Crippen LogP contribution in [0.1, 0.15) is 39.5 Å². The molecule has 2 rings (SSSR count). The molecule has 1 heterocycles. The molecule has 1 aliphatic heterocycles. The lowest BCUT2D eigenvalue weighted by atomic mass is 10.2. The van der Waals surface area contributed by atoms with Crippen molar-refractivity contribution < 1.29 is 41.0 Å². The Morgan fingerprint density at radius 1 is 1.09 bits per heavy atom. The number of aliphatic carboxylic acids is 1. The van der Waals surface area contributed by atoms with Crippen molar-refractivity contribution in [1.82, 2.24) is 14.5 Å². The van der Waals surface area contributed by atoms with Crippen molar-refractivity contribution in [3.63, 3.8) is 0 Å². The maximum Gasteiger partial charge on any atom is 0.490 e. The Balaban J connectivity index is 0.000000762. The summed E-state index contributed by atoms with van der Waals surface area (Å²) in [5.74, 6) is -2.09. The topological polar surface area (TPSA) is 116 Å². The van der Waals surface area contributed by atoms with Gasteiger partial charge in [-0.25, -0.2) is 13.2 Å². The van der Waals surface area contributed by atoms with E-state index in [0.29, 0.717) is 32.0 Å². The van der Waals surface area contributed by atoms with E-state index in [0.717, 1.165) is 32.4 Å². The van der Waals surface area contributed by atoms with Gasteiger partial charge in [-0.15, -0.1) is 0 Å². The zero-order chi connectivity index (χ0) is 26.5. The summed E-state index contributed by atoms with van der Waals surface area (Å²) >= 11 is 0. The number of amides is 1. The first-order valence-electron chi connectivity index (χ1n) is 11.4. The summed E-state index contributed by atoms with van der Waals surface area (Å²) in [6.45, 7) is 8.08. The molecule has 1 amide bonds. The summed E-state index contributed by atoms with van der Waals surface area (Å²) in [4.78, 5) is 23.4. The number of alkyl halides is 3. The molecule has 1 fully saturated rings. The van der Waals surface area contributed by atoms with Crippen LogP contribution >= 0.6 is 0 Å². The van der Waals surface area contributed by atoms with E-state index in [1.54, 1.807) is 24.3 Å². The van der Waals surface area contributed by atoms with Crippen LogP contribution in [0.5, 0.6) is 5.75 Å². The van der Waals surface area contributed by atoms with E-state index in [-0.39, 0.29) is 23.8 Å². The Kier molecular flexibility index (Phi) is 13.0. The van der Waals surface area contributed by atoms with Gasteiger partial charge in [0.25, 0.3) is 0 Å². The van der Waals surface area contributed by atoms with Crippen molar-refractivity contribution in [1.29, 1.82) is 0 Å². The van der Waals surface area contributed by atoms with Crippen LogP contribution < -0.4 is 10.1 Å². The molecule has 0 radical (unpaired) electrons. The number of carboxylic acids is 1. The maximum atomic E-state index is 13.1. The van der Waals surface area contributed by atoms with Gasteiger partial charge < -0.3 is 20.1 Å². The van der Waals surface area contributed by atoms with E-state index in [1.807, 2.05) is 11.8 Å². The van der Waals surface area contributed by atoms with E-state index in [2.05, 4.69) is 12.2 Å². The molecule has 1 aliphatic rings. The van der Waals surface area contributed by atoms with E-state index in [9.17, 15) is 26.4 Å². The largest absolute Gasteiger partial charge is 0.494 e. The van der Waals surface area contributed by atoms with Crippen LogP contribution in [0.2, 0.25) is 0 Å². The Labute approximate surface area is 204 Å². The molecule has 0 spiro atoms. The number of nitrogens with one attached hydrogen (secondary N) is 1. The van der Waals surface area contributed by atoms with Crippen LogP contribution in [0.3, 0.4) is 0 Å². The monoisotopic (exact) mass is 525 g/mol. The van der Waals surface area contributed by atoms with E-state index < -0.39 is 22.2 Å². The third-order valence-electron chi connectivity index (χ3n) is 5.07. The minimum absolute atomic E-state index is 0.0175. The highest BCUT2D eigenvalue weighted by molar-refractivity contribution is 7.89. The highest BCUT2D eigenvalue weighted by Gasteiger charge is 2.38. The number of piperazine rings is 1. The quantitative estimate of drug-likeness (QED) is 0.427. The molecule has 0 unspecified atom stereocenters. The van der Waals surface area contributed by atoms with Crippen LogP contribution in [-0.4, -0.2) is 86.7 Å². The predicted molar refractivity (Wildman–Crippen MR) is 124 cm³/mol. The molecule has 0 atom stereocenters. The number of rotatable bonds is 11. The van der Waals surface area contributed by atoms with Crippen molar-refractivity contribution in [2.45, 2.75) is 50.6 Å². The summed E-state index contributed by atoms with van der Waals surface area (Å²) in [5, 5.41) is 10.3. The number of carboxylic acid groups (broad SMARTS) is 1. The number of carbonyl (C=O) groups is 2. The fourth-order valence-electron chi connectivity index (χ4n) is 3.21. The highest BCUT2D eigenvalue weighted by Crippen LogP contribution is 2.21. The van der Waals surface area contributed by atoms with Crippen molar-refractivity contribution in [2.75, 3.05) is 45.9 Å². The Morgan fingerprint density at radius 2 is 1.66 bits per heavy atom. The predicted octanol–water partition coefficient (Wildman–Crippen LogP) is 2.72. The lowest BCUT2D eigenvalue weighted by Gasteiger charge is -2.29. The molecule has 1 aromatic rings. The van der Waals surface area contributed by atoms with Crippen molar-refractivity contribution >= 4 is 21.9 Å². The number of hydrogen-bond acceptors (Lipinski definition) is 6. The average molecular weight is 526 g/mol. The zero-order valence-corrected chi connectivity index (χ0v) is 20.8. The van der Waals surface area contributed by atoms with Crippen LogP contribution in [0.15, 0.2) is 29.2 Å². The van der Waals surface area contributed by atoms with Gasteiger partial charge in [0, 0.05) is 45.7 Å². The standard InChI is InChI=1S/C20H33N3O4S.C2HF3O2/c1-3-5-6-14-23(15-11-20(24)22-16-12-21-13-17-22)28(25,26)19-9-7-18(8-10-19)27-4-2;3-2(4,5)1(6)7/h7-10,21H,3-6,11-17H2,1-2H3;(H,6,7). The van der Waals surface area contributed by atoms with E-state index >= 15 is 0 Å². The molecule has 0 bridgehead atoms. The first-order chi connectivity index (χ1) is 16.4. The number of ether oxygens (including phenoxy) is 1. The highest BCUT2D eigenvalue weighted by atomic mass is 32.2. The molecular formula is C22H34F3N3O6S. The number of sulfonamides is 1. The summed E-state index contributed by atoms with van der Waals surface area (Å²) in [6.07, 6.45) is -2.12. The van der Waals surface area contributed by atoms with Crippen molar-refractivity contribution in [3.05, 3.63) is 24.3 Å². The number of nitrogens with zero attached hydrogens (tertiary/aromatic N) is 2. The van der Waals surface area contributed by atoms with Gasteiger partial charge in [0.2, 0.25) is 15.9 Å². The molecule has 2 N–H and O–H groups in total. The molecule has 1 saturated heterocycles. The first-order valence-corrected chi connectivity index (χ1v) is 12.9. The SMILES string of the molecule is CCCCCN(CCC(=O)N1CCNCC1)S(=O)(=O)c1ccc(OCC)cc1.O=C(O)C(F)(F)F. The second-order valence-electron chi connectivity index (χ2n) is 7.70. The minimum atomic E-state index is -5.08. The van der Waals surface area contributed by atoms with Gasteiger partial charge in [-0.1, -0.05) is 19.8 Å².